The van der Waals surface area contributed by atoms with E-state index in [4.69, 9.17) is 22.3 Å². The minimum Gasteiger partial charge on any atom is -0.480 e. The molecule has 7 N–H and O–H groups in total. The van der Waals surface area contributed by atoms with E-state index in [0.717, 1.165) is 19.3 Å². The summed E-state index contributed by atoms with van der Waals surface area (Å²) in [6.45, 7) is 0. The maximum absolute atomic E-state index is 10.7. The first-order chi connectivity index (χ1) is 7.97. The maximum atomic E-state index is 10.7. The standard InChI is InChI=1S/C7H14N2O2.C5H11N/c8-5-3-1-2-4-7(5,9)6(10)11;6-5-3-1-2-4-5/h5H,1-4,8-9H2,(H,10,11);5H,1-4,6H2/t5-,7-;/m0./s1. The smallest absolute Gasteiger partial charge is 0.325 e. The molecule has 2 aliphatic carbocycles. The summed E-state index contributed by atoms with van der Waals surface area (Å²) in [5.41, 5.74) is 15.6. The van der Waals surface area contributed by atoms with Crippen molar-refractivity contribution < 1.29 is 9.90 Å². The van der Waals surface area contributed by atoms with Gasteiger partial charge in [0.05, 0.1) is 0 Å². The third-order valence-electron chi connectivity index (χ3n) is 3.82. The fourth-order valence-electron chi connectivity index (χ4n) is 2.45. The van der Waals surface area contributed by atoms with Crippen LogP contribution in [0.5, 0.6) is 0 Å². The highest BCUT2D eigenvalue weighted by atomic mass is 16.4. The first-order valence-corrected chi connectivity index (χ1v) is 6.50. The molecule has 5 heteroatoms. The monoisotopic (exact) mass is 243 g/mol. The molecule has 0 aromatic carbocycles. The summed E-state index contributed by atoms with van der Waals surface area (Å²) >= 11 is 0. The molecular formula is C12H25N3O2. The van der Waals surface area contributed by atoms with Crippen LogP contribution in [-0.4, -0.2) is 28.7 Å². The molecule has 0 amide bonds. The van der Waals surface area contributed by atoms with Crippen LogP contribution in [-0.2, 0) is 4.79 Å². The van der Waals surface area contributed by atoms with Gasteiger partial charge >= 0.3 is 5.97 Å². The average Bonchev–Trinajstić information content (AvgIpc) is 2.74. The van der Waals surface area contributed by atoms with Crippen LogP contribution < -0.4 is 17.2 Å². The Labute approximate surface area is 103 Å². The predicted octanol–water partition coefficient (Wildman–Crippen LogP) is 0.558. The summed E-state index contributed by atoms with van der Waals surface area (Å²) in [4.78, 5) is 10.7. The van der Waals surface area contributed by atoms with Crippen LogP contribution in [0.4, 0.5) is 0 Å². The lowest BCUT2D eigenvalue weighted by molar-refractivity contribution is -0.145. The van der Waals surface area contributed by atoms with Crippen LogP contribution in [0, 0.1) is 0 Å². The zero-order valence-corrected chi connectivity index (χ0v) is 10.4. The molecule has 0 heterocycles. The third-order valence-corrected chi connectivity index (χ3v) is 3.82. The number of nitrogens with two attached hydrogens (primary N) is 3. The Morgan fingerprint density at radius 2 is 1.59 bits per heavy atom. The predicted molar refractivity (Wildman–Crippen MR) is 67.4 cm³/mol. The molecule has 5 nitrogen and oxygen atoms in total. The largest absolute Gasteiger partial charge is 0.480 e. The SMILES string of the molecule is NC1CCCC1.N[C@H]1CCCC[C@@]1(N)C(=O)O. The lowest BCUT2D eigenvalue weighted by Gasteiger charge is -2.34. The number of aliphatic carboxylic acids is 1. The summed E-state index contributed by atoms with van der Waals surface area (Å²) in [5.74, 6) is -0.968. The van der Waals surface area contributed by atoms with Gasteiger partial charge in [0.1, 0.15) is 5.54 Å². The van der Waals surface area contributed by atoms with E-state index in [2.05, 4.69) is 0 Å². The lowest BCUT2D eigenvalue weighted by atomic mass is 9.79. The summed E-state index contributed by atoms with van der Waals surface area (Å²) < 4.78 is 0. The highest BCUT2D eigenvalue weighted by Crippen LogP contribution is 2.25. The Kier molecular flexibility index (Phi) is 5.36. The van der Waals surface area contributed by atoms with Gasteiger partial charge in [-0.3, -0.25) is 4.79 Å². The Hall–Kier alpha value is -0.650. The van der Waals surface area contributed by atoms with E-state index in [1.165, 1.54) is 25.7 Å². The van der Waals surface area contributed by atoms with Crippen molar-refractivity contribution in [1.82, 2.24) is 0 Å². The van der Waals surface area contributed by atoms with Gasteiger partial charge < -0.3 is 22.3 Å². The van der Waals surface area contributed by atoms with Crippen molar-refractivity contribution in [1.29, 1.82) is 0 Å². The van der Waals surface area contributed by atoms with Crippen molar-refractivity contribution in [3.05, 3.63) is 0 Å². The van der Waals surface area contributed by atoms with Gasteiger partial charge in [-0.25, -0.2) is 0 Å². The van der Waals surface area contributed by atoms with E-state index in [1.807, 2.05) is 0 Å². The number of carboxylic acids is 1. The molecule has 2 rings (SSSR count). The fourth-order valence-corrected chi connectivity index (χ4v) is 2.45. The van der Waals surface area contributed by atoms with Gasteiger partial charge in [-0.15, -0.1) is 0 Å². The lowest BCUT2D eigenvalue weighted by Crippen LogP contribution is -2.62. The molecule has 2 saturated carbocycles. The van der Waals surface area contributed by atoms with E-state index in [0.29, 0.717) is 12.5 Å². The molecule has 2 fully saturated rings. The van der Waals surface area contributed by atoms with Crippen molar-refractivity contribution in [3.63, 3.8) is 0 Å². The fraction of sp³-hybridized carbons (Fsp3) is 0.917. The van der Waals surface area contributed by atoms with Gasteiger partial charge in [-0.1, -0.05) is 25.7 Å². The topological polar surface area (TPSA) is 115 Å². The molecule has 0 aromatic heterocycles. The Balaban J connectivity index is 0.000000202. The normalized spacial score (nSPS) is 33.9. The minimum atomic E-state index is -1.17. The zero-order valence-electron chi connectivity index (χ0n) is 10.4. The molecular weight excluding hydrogens is 218 g/mol. The number of rotatable bonds is 1. The average molecular weight is 243 g/mol. The summed E-state index contributed by atoms with van der Waals surface area (Å²) in [6.07, 6.45) is 8.35. The van der Waals surface area contributed by atoms with Crippen molar-refractivity contribution in [3.8, 4) is 0 Å². The van der Waals surface area contributed by atoms with E-state index in [9.17, 15) is 4.79 Å². The Bertz CT molecular complexity index is 254. The van der Waals surface area contributed by atoms with Crippen molar-refractivity contribution >= 4 is 5.97 Å². The van der Waals surface area contributed by atoms with Crippen LogP contribution in [0.15, 0.2) is 0 Å². The van der Waals surface area contributed by atoms with Gasteiger partial charge in [0.15, 0.2) is 0 Å². The molecule has 100 valence electrons. The van der Waals surface area contributed by atoms with E-state index in [1.54, 1.807) is 0 Å². The van der Waals surface area contributed by atoms with Gasteiger partial charge in [0.25, 0.3) is 0 Å². The highest BCUT2D eigenvalue weighted by Gasteiger charge is 2.41. The molecule has 0 saturated heterocycles. The number of carboxylic acid groups (broad SMARTS) is 1. The molecule has 0 radical (unpaired) electrons. The van der Waals surface area contributed by atoms with Crippen molar-refractivity contribution in [2.75, 3.05) is 0 Å². The van der Waals surface area contributed by atoms with Gasteiger partial charge in [0, 0.05) is 12.1 Å². The minimum absolute atomic E-state index is 0.381. The molecule has 0 unspecified atom stereocenters. The Morgan fingerprint density at radius 3 is 1.88 bits per heavy atom. The van der Waals surface area contributed by atoms with Crippen molar-refractivity contribution in [2.45, 2.75) is 69.0 Å². The molecule has 0 aliphatic heterocycles. The van der Waals surface area contributed by atoms with Crippen LogP contribution in [0.25, 0.3) is 0 Å². The second-order valence-electron chi connectivity index (χ2n) is 5.24. The van der Waals surface area contributed by atoms with Gasteiger partial charge in [-0.2, -0.15) is 0 Å². The summed E-state index contributed by atoms with van der Waals surface area (Å²) in [5, 5.41) is 8.76. The van der Waals surface area contributed by atoms with Crippen LogP contribution in [0.3, 0.4) is 0 Å². The number of hydrogen-bond acceptors (Lipinski definition) is 4. The second-order valence-corrected chi connectivity index (χ2v) is 5.24. The highest BCUT2D eigenvalue weighted by molar-refractivity contribution is 5.79. The summed E-state index contributed by atoms with van der Waals surface area (Å²) in [6, 6.07) is 0.166. The molecule has 2 aliphatic rings. The molecule has 17 heavy (non-hydrogen) atoms. The van der Waals surface area contributed by atoms with E-state index in [-0.39, 0.29) is 6.04 Å². The molecule has 2 atom stereocenters. The Morgan fingerprint density at radius 1 is 1.06 bits per heavy atom. The maximum Gasteiger partial charge on any atom is 0.325 e. The zero-order chi connectivity index (χ0) is 12.9. The quantitative estimate of drug-likeness (QED) is 0.537. The number of carbonyl (C=O) groups is 1. The molecule has 0 aromatic rings. The third kappa shape index (κ3) is 3.94. The molecule has 0 spiro atoms. The van der Waals surface area contributed by atoms with E-state index >= 15 is 0 Å². The summed E-state index contributed by atoms with van der Waals surface area (Å²) in [7, 11) is 0. The van der Waals surface area contributed by atoms with Crippen LogP contribution in [0.2, 0.25) is 0 Å². The molecule has 0 bridgehead atoms. The second kappa shape index (κ2) is 6.33. The number of hydrogen-bond donors (Lipinski definition) is 4. The first kappa shape index (κ1) is 14.4. The first-order valence-electron chi connectivity index (χ1n) is 6.50. The van der Waals surface area contributed by atoms with Crippen molar-refractivity contribution in [2.24, 2.45) is 17.2 Å². The van der Waals surface area contributed by atoms with Crippen LogP contribution >= 0.6 is 0 Å². The van der Waals surface area contributed by atoms with Gasteiger partial charge in [-0.05, 0) is 25.7 Å². The van der Waals surface area contributed by atoms with Gasteiger partial charge in [0.2, 0.25) is 0 Å². The van der Waals surface area contributed by atoms with E-state index < -0.39 is 11.5 Å². The van der Waals surface area contributed by atoms with Crippen LogP contribution in [0.1, 0.15) is 51.4 Å².